The zero-order valence-electron chi connectivity index (χ0n) is 10.8. The Bertz CT molecular complexity index is 420. The molecule has 0 bridgehead atoms. The molecule has 1 aromatic rings. The molecule has 96 valence electrons. The van der Waals surface area contributed by atoms with Crippen LogP contribution in [0.3, 0.4) is 0 Å². The molecule has 4 heteroatoms. The molecule has 1 N–H and O–H groups in total. The highest BCUT2D eigenvalue weighted by molar-refractivity contribution is 5.77. The summed E-state index contributed by atoms with van der Waals surface area (Å²) in [4.78, 5) is 11.5. The molecule has 0 spiro atoms. The molecule has 1 atom stereocenters. The van der Waals surface area contributed by atoms with E-state index in [1.54, 1.807) is 12.1 Å². The van der Waals surface area contributed by atoms with Gasteiger partial charge in [-0.25, -0.2) is 0 Å². The molecule has 0 aliphatic carbocycles. The molecule has 0 aliphatic rings. The maximum atomic E-state index is 11.5. The van der Waals surface area contributed by atoms with Crippen LogP contribution >= 0.6 is 0 Å². The number of nitrogens with zero attached hydrogens (tertiary/aromatic N) is 1. The van der Waals surface area contributed by atoms with Crippen molar-refractivity contribution in [2.45, 2.75) is 26.3 Å². The van der Waals surface area contributed by atoms with Gasteiger partial charge in [0, 0.05) is 6.61 Å². The van der Waals surface area contributed by atoms with Gasteiger partial charge in [0.05, 0.1) is 17.7 Å². The molecule has 0 fully saturated rings. The number of benzene rings is 1. The molecule has 0 heterocycles. The quantitative estimate of drug-likeness (QED) is 0.782. The van der Waals surface area contributed by atoms with Crippen LogP contribution in [0.5, 0.6) is 0 Å². The van der Waals surface area contributed by atoms with Gasteiger partial charge in [0.2, 0.25) is 5.91 Å². The van der Waals surface area contributed by atoms with Gasteiger partial charge in [0.25, 0.3) is 0 Å². The van der Waals surface area contributed by atoms with Crippen molar-refractivity contribution in [2.24, 2.45) is 0 Å². The van der Waals surface area contributed by atoms with Gasteiger partial charge in [-0.1, -0.05) is 19.1 Å². The smallest absolute Gasteiger partial charge is 0.246 e. The zero-order valence-corrected chi connectivity index (χ0v) is 10.8. The average molecular weight is 246 g/mol. The Morgan fingerprint density at radius 1 is 1.44 bits per heavy atom. The Hall–Kier alpha value is -1.86. The van der Waals surface area contributed by atoms with Gasteiger partial charge >= 0.3 is 0 Å². The number of ether oxygens (including phenoxy) is 1. The van der Waals surface area contributed by atoms with Crippen LogP contribution in [0.2, 0.25) is 0 Å². The summed E-state index contributed by atoms with van der Waals surface area (Å²) < 4.78 is 5.16. The number of amides is 1. The van der Waals surface area contributed by atoms with Crippen molar-refractivity contribution in [3.63, 3.8) is 0 Å². The molecule has 4 nitrogen and oxygen atoms in total. The van der Waals surface area contributed by atoms with E-state index < -0.39 is 0 Å². The lowest BCUT2D eigenvalue weighted by atomic mass is 10.1. The van der Waals surface area contributed by atoms with E-state index in [-0.39, 0.29) is 18.6 Å². The lowest BCUT2D eigenvalue weighted by molar-refractivity contribution is -0.126. The fourth-order valence-electron chi connectivity index (χ4n) is 1.52. The van der Waals surface area contributed by atoms with Crippen LogP contribution in [0.1, 0.15) is 37.4 Å². The number of hydrogen-bond acceptors (Lipinski definition) is 3. The first kappa shape index (κ1) is 14.2. The second-order valence-electron chi connectivity index (χ2n) is 4.08. The fourth-order valence-corrected chi connectivity index (χ4v) is 1.52. The molecular weight excluding hydrogens is 228 g/mol. The van der Waals surface area contributed by atoms with Crippen molar-refractivity contribution >= 4 is 5.91 Å². The fraction of sp³-hybridized carbons (Fsp3) is 0.429. The number of carbonyl (C=O) groups excluding carboxylic acids is 1. The normalized spacial score (nSPS) is 11.6. The summed E-state index contributed by atoms with van der Waals surface area (Å²) in [6, 6.07) is 9.14. The van der Waals surface area contributed by atoms with Crippen molar-refractivity contribution < 1.29 is 9.53 Å². The lowest BCUT2D eigenvalue weighted by Gasteiger charge is -2.14. The van der Waals surface area contributed by atoms with Gasteiger partial charge in [-0.2, -0.15) is 5.26 Å². The Kier molecular flexibility index (Phi) is 5.89. The molecule has 0 aliphatic heterocycles. The number of nitrogens with one attached hydrogen (secondary N) is 1. The third-order valence-corrected chi connectivity index (χ3v) is 2.50. The summed E-state index contributed by atoms with van der Waals surface area (Å²) in [5.41, 5.74) is 1.58. The predicted octanol–water partition coefficient (Wildman–Crippen LogP) is 2.16. The highest BCUT2D eigenvalue weighted by atomic mass is 16.5. The summed E-state index contributed by atoms with van der Waals surface area (Å²) in [6.07, 6.45) is 0.901. The highest BCUT2D eigenvalue weighted by Gasteiger charge is 2.09. The van der Waals surface area contributed by atoms with Gasteiger partial charge in [-0.05, 0) is 31.0 Å². The van der Waals surface area contributed by atoms with Gasteiger partial charge in [0.1, 0.15) is 6.61 Å². The van der Waals surface area contributed by atoms with Crippen molar-refractivity contribution in [3.8, 4) is 6.07 Å². The Morgan fingerprint density at radius 2 is 2.11 bits per heavy atom. The van der Waals surface area contributed by atoms with Crippen LogP contribution in [-0.4, -0.2) is 19.1 Å². The molecule has 0 radical (unpaired) electrons. The molecule has 1 unspecified atom stereocenters. The Labute approximate surface area is 108 Å². The maximum Gasteiger partial charge on any atom is 0.246 e. The van der Waals surface area contributed by atoms with E-state index in [1.165, 1.54) is 0 Å². The van der Waals surface area contributed by atoms with Crippen LogP contribution in [0.4, 0.5) is 0 Å². The molecule has 18 heavy (non-hydrogen) atoms. The third kappa shape index (κ3) is 4.56. The van der Waals surface area contributed by atoms with E-state index in [2.05, 4.69) is 11.4 Å². The van der Waals surface area contributed by atoms with Gasteiger partial charge in [-0.15, -0.1) is 0 Å². The van der Waals surface area contributed by atoms with Gasteiger partial charge < -0.3 is 10.1 Å². The first-order valence-electron chi connectivity index (χ1n) is 6.04. The SMILES string of the molecule is CCCOCC(=O)NC(C)c1ccc(C#N)cc1. The zero-order chi connectivity index (χ0) is 13.4. The second kappa shape index (κ2) is 7.46. The van der Waals surface area contributed by atoms with Gasteiger partial charge in [0.15, 0.2) is 0 Å². The summed E-state index contributed by atoms with van der Waals surface area (Å²) in [6.45, 7) is 4.59. The minimum Gasteiger partial charge on any atom is -0.372 e. The summed E-state index contributed by atoms with van der Waals surface area (Å²) in [7, 11) is 0. The first-order valence-corrected chi connectivity index (χ1v) is 6.04. The van der Waals surface area contributed by atoms with E-state index in [0.29, 0.717) is 12.2 Å². The molecule has 1 aromatic carbocycles. The molecular formula is C14H18N2O2. The summed E-state index contributed by atoms with van der Waals surface area (Å²) in [5.74, 6) is -0.125. The number of rotatable bonds is 6. The summed E-state index contributed by atoms with van der Waals surface area (Å²) >= 11 is 0. The van der Waals surface area contributed by atoms with Crippen LogP contribution in [-0.2, 0) is 9.53 Å². The minimum absolute atomic E-state index is 0.0875. The molecule has 0 aromatic heterocycles. The minimum atomic E-state index is -0.125. The molecule has 0 saturated heterocycles. The van der Waals surface area contributed by atoms with Crippen molar-refractivity contribution in [1.82, 2.24) is 5.32 Å². The highest BCUT2D eigenvalue weighted by Crippen LogP contribution is 2.12. The van der Waals surface area contributed by atoms with Crippen molar-refractivity contribution in [3.05, 3.63) is 35.4 Å². The maximum absolute atomic E-state index is 11.5. The predicted molar refractivity (Wildman–Crippen MR) is 68.8 cm³/mol. The number of hydrogen-bond donors (Lipinski definition) is 1. The van der Waals surface area contributed by atoms with Crippen LogP contribution < -0.4 is 5.32 Å². The molecule has 1 amide bonds. The van der Waals surface area contributed by atoms with E-state index in [1.807, 2.05) is 26.0 Å². The van der Waals surface area contributed by atoms with E-state index in [0.717, 1.165) is 12.0 Å². The molecule has 1 rings (SSSR count). The van der Waals surface area contributed by atoms with Gasteiger partial charge in [-0.3, -0.25) is 4.79 Å². The van der Waals surface area contributed by atoms with Crippen LogP contribution in [0.25, 0.3) is 0 Å². The van der Waals surface area contributed by atoms with Crippen LogP contribution in [0.15, 0.2) is 24.3 Å². The molecule has 0 saturated carbocycles. The standard InChI is InChI=1S/C14H18N2O2/c1-3-8-18-10-14(17)16-11(2)13-6-4-12(9-15)5-7-13/h4-7,11H,3,8,10H2,1-2H3,(H,16,17). The largest absolute Gasteiger partial charge is 0.372 e. The van der Waals surface area contributed by atoms with Crippen molar-refractivity contribution in [1.29, 1.82) is 5.26 Å². The lowest BCUT2D eigenvalue weighted by Crippen LogP contribution is -2.30. The first-order chi connectivity index (χ1) is 8.67. The third-order valence-electron chi connectivity index (χ3n) is 2.50. The number of nitriles is 1. The van der Waals surface area contributed by atoms with Crippen molar-refractivity contribution in [2.75, 3.05) is 13.2 Å². The average Bonchev–Trinajstić information content (AvgIpc) is 2.39. The van der Waals surface area contributed by atoms with Crippen LogP contribution in [0, 0.1) is 11.3 Å². The van der Waals surface area contributed by atoms with E-state index in [9.17, 15) is 4.79 Å². The van der Waals surface area contributed by atoms with E-state index >= 15 is 0 Å². The number of carbonyl (C=O) groups is 1. The Morgan fingerprint density at radius 3 is 2.67 bits per heavy atom. The topological polar surface area (TPSA) is 62.1 Å². The second-order valence-corrected chi connectivity index (χ2v) is 4.08. The monoisotopic (exact) mass is 246 g/mol. The van der Waals surface area contributed by atoms with E-state index in [4.69, 9.17) is 10.00 Å². The summed E-state index contributed by atoms with van der Waals surface area (Å²) in [5, 5.41) is 11.5. The Balaban J connectivity index is 2.46.